The van der Waals surface area contributed by atoms with Crippen molar-refractivity contribution in [3.05, 3.63) is 35.9 Å². The van der Waals surface area contributed by atoms with Crippen molar-refractivity contribution >= 4 is 34.2 Å². The molecule has 7 heteroatoms. The molecule has 4 atom stereocenters. The fraction of sp³-hybridized carbons (Fsp3) is 0.588. The van der Waals surface area contributed by atoms with E-state index in [-0.39, 0.29) is 35.2 Å². The van der Waals surface area contributed by atoms with Gasteiger partial charge in [0.25, 0.3) is 0 Å². The molecule has 2 saturated heterocycles. The van der Waals surface area contributed by atoms with Gasteiger partial charge in [-0.25, -0.2) is 10.9 Å². The standard InChI is InChI=1S/C17H25BrN4O.ClH/c1-19-10-12-6-5-9-22(11-12)17(23)16-14(18)15(20-21-16)13-7-3-2-4-8-13;/h2-4,7-8,12,14-16,19-21H,5-6,9-11H2,1H3;1H. The Morgan fingerprint density at radius 2 is 2.08 bits per heavy atom. The Bertz CT molecular complexity index is 531. The Kier molecular flexibility index (Phi) is 7.50. The van der Waals surface area contributed by atoms with Crippen LogP contribution in [0.15, 0.2) is 30.3 Å². The van der Waals surface area contributed by atoms with E-state index < -0.39 is 0 Å². The maximum Gasteiger partial charge on any atom is 0.242 e. The van der Waals surface area contributed by atoms with E-state index in [4.69, 9.17) is 0 Å². The molecule has 0 aromatic heterocycles. The van der Waals surface area contributed by atoms with Gasteiger partial charge in [0, 0.05) is 13.1 Å². The van der Waals surface area contributed by atoms with Gasteiger partial charge in [-0.3, -0.25) is 4.79 Å². The van der Waals surface area contributed by atoms with Crippen LogP contribution in [0.1, 0.15) is 24.4 Å². The molecule has 134 valence electrons. The van der Waals surface area contributed by atoms with Gasteiger partial charge in [0.15, 0.2) is 0 Å². The fourth-order valence-electron chi connectivity index (χ4n) is 3.57. The molecular formula is C17H26BrClN4O. The quantitative estimate of drug-likeness (QED) is 0.655. The molecule has 0 spiro atoms. The molecule has 2 heterocycles. The molecule has 2 aliphatic rings. The molecule has 3 rings (SSSR count). The number of likely N-dealkylation sites (tertiary alicyclic amines) is 1. The summed E-state index contributed by atoms with van der Waals surface area (Å²) in [6.45, 7) is 2.70. The van der Waals surface area contributed by atoms with Crippen molar-refractivity contribution in [1.82, 2.24) is 21.1 Å². The summed E-state index contributed by atoms with van der Waals surface area (Å²) in [6.07, 6.45) is 2.29. The largest absolute Gasteiger partial charge is 0.341 e. The number of carbonyl (C=O) groups is 1. The molecule has 2 aliphatic heterocycles. The van der Waals surface area contributed by atoms with E-state index >= 15 is 0 Å². The highest BCUT2D eigenvalue weighted by atomic mass is 79.9. The van der Waals surface area contributed by atoms with E-state index in [0.29, 0.717) is 5.92 Å². The summed E-state index contributed by atoms with van der Waals surface area (Å²) in [7, 11) is 1.97. The SMILES string of the molecule is CNCC1CCCN(C(=O)C2NNC(c3ccccc3)C2Br)C1.Cl. The van der Waals surface area contributed by atoms with Crippen molar-refractivity contribution in [3.8, 4) is 0 Å². The monoisotopic (exact) mass is 416 g/mol. The normalized spacial score (nSPS) is 30.0. The van der Waals surface area contributed by atoms with E-state index in [1.54, 1.807) is 0 Å². The third-order valence-electron chi connectivity index (χ3n) is 4.78. The number of nitrogens with one attached hydrogen (secondary N) is 3. The van der Waals surface area contributed by atoms with E-state index in [9.17, 15) is 4.79 Å². The van der Waals surface area contributed by atoms with Crippen molar-refractivity contribution in [2.75, 3.05) is 26.7 Å². The number of nitrogens with zero attached hydrogens (tertiary/aromatic N) is 1. The van der Waals surface area contributed by atoms with Crippen LogP contribution in [0.4, 0.5) is 0 Å². The van der Waals surface area contributed by atoms with Crippen LogP contribution in [0.25, 0.3) is 0 Å². The maximum atomic E-state index is 12.9. The highest BCUT2D eigenvalue weighted by Gasteiger charge is 2.41. The number of amides is 1. The highest BCUT2D eigenvalue weighted by molar-refractivity contribution is 9.09. The molecule has 0 bridgehead atoms. The average Bonchev–Trinajstić information content (AvgIpc) is 2.97. The van der Waals surface area contributed by atoms with Crippen molar-refractivity contribution in [3.63, 3.8) is 0 Å². The lowest BCUT2D eigenvalue weighted by Gasteiger charge is -2.34. The Hall–Kier alpha value is -0.660. The second-order valence-electron chi connectivity index (χ2n) is 6.45. The van der Waals surface area contributed by atoms with Gasteiger partial charge >= 0.3 is 0 Å². The first kappa shape index (κ1) is 19.7. The molecule has 5 nitrogen and oxygen atoms in total. The van der Waals surface area contributed by atoms with Crippen molar-refractivity contribution < 1.29 is 4.79 Å². The molecule has 1 amide bonds. The summed E-state index contributed by atoms with van der Waals surface area (Å²) >= 11 is 3.74. The molecule has 0 radical (unpaired) electrons. The number of hydrazine groups is 1. The summed E-state index contributed by atoms with van der Waals surface area (Å²) in [5.74, 6) is 0.754. The summed E-state index contributed by atoms with van der Waals surface area (Å²) in [4.78, 5) is 15.0. The summed E-state index contributed by atoms with van der Waals surface area (Å²) in [5, 5.41) is 3.23. The number of halogens is 2. The molecule has 24 heavy (non-hydrogen) atoms. The van der Waals surface area contributed by atoms with Gasteiger partial charge < -0.3 is 10.2 Å². The molecule has 1 aromatic rings. The zero-order valence-electron chi connectivity index (χ0n) is 13.9. The zero-order valence-corrected chi connectivity index (χ0v) is 16.3. The molecule has 4 unspecified atom stereocenters. The van der Waals surface area contributed by atoms with Crippen molar-refractivity contribution in [2.45, 2.75) is 29.8 Å². The number of rotatable bonds is 4. The number of benzene rings is 1. The Morgan fingerprint density at radius 3 is 2.79 bits per heavy atom. The lowest BCUT2D eigenvalue weighted by atomic mass is 9.96. The van der Waals surface area contributed by atoms with E-state index in [0.717, 1.165) is 26.1 Å². The number of hydrogen-bond donors (Lipinski definition) is 3. The Balaban J connectivity index is 0.00000208. The molecule has 1 aromatic carbocycles. The first-order valence-corrected chi connectivity index (χ1v) is 9.25. The second kappa shape index (κ2) is 9.15. The zero-order chi connectivity index (χ0) is 16.2. The van der Waals surface area contributed by atoms with E-state index in [2.05, 4.69) is 44.2 Å². The van der Waals surface area contributed by atoms with E-state index in [1.807, 2.05) is 30.1 Å². The molecule has 0 saturated carbocycles. The number of piperidine rings is 1. The van der Waals surface area contributed by atoms with Crippen molar-refractivity contribution in [2.24, 2.45) is 5.92 Å². The average molecular weight is 418 g/mol. The Labute approximate surface area is 158 Å². The first-order chi connectivity index (χ1) is 11.2. The maximum absolute atomic E-state index is 12.9. The van der Waals surface area contributed by atoms with Crippen LogP contribution in [-0.2, 0) is 4.79 Å². The molecular weight excluding hydrogens is 392 g/mol. The van der Waals surface area contributed by atoms with Gasteiger partial charge in [-0.2, -0.15) is 0 Å². The lowest BCUT2D eigenvalue weighted by Crippen LogP contribution is -2.52. The third-order valence-corrected chi connectivity index (χ3v) is 5.84. The van der Waals surface area contributed by atoms with Gasteiger partial charge in [-0.1, -0.05) is 46.3 Å². The summed E-state index contributed by atoms with van der Waals surface area (Å²) in [6, 6.07) is 10.1. The number of hydrogen-bond acceptors (Lipinski definition) is 4. The third kappa shape index (κ3) is 4.29. The van der Waals surface area contributed by atoms with Gasteiger partial charge in [0.05, 0.1) is 10.9 Å². The predicted molar refractivity (Wildman–Crippen MR) is 102 cm³/mol. The van der Waals surface area contributed by atoms with Crippen LogP contribution in [-0.4, -0.2) is 48.4 Å². The minimum Gasteiger partial charge on any atom is -0.341 e. The van der Waals surface area contributed by atoms with Crippen LogP contribution in [0.5, 0.6) is 0 Å². The minimum absolute atomic E-state index is 0. The second-order valence-corrected chi connectivity index (χ2v) is 7.51. The van der Waals surface area contributed by atoms with Gasteiger partial charge in [-0.05, 0) is 37.9 Å². The van der Waals surface area contributed by atoms with Crippen LogP contribution >= 0.6 is 28.3 Å². The number of carbonyl (C=O) groups excluding carboxylic acids is 1. The topological polar surface area (TPSA) is 56.4 Å². The minimum atomic E-state index is -0.228. The number of alkyl halides is 1. The summed E-state index contributed by atoms with van der Waals surface area (Å²) in [5.41, 5.74) is 7.65. The van der Waals surface area contributed by atoms with Crippen molar-refractivity contribution in [1.29, 1.82) is 0 Å². The Morgan fingerprint density at radius 1 is 1.33 bits per heavy atom. The first-order valence-electron chi connectivity index (χ1n) is 8.34. The smallest absolute Gasteiger partial charge is 0.242 e. The fourth-order valence-corrected chi connectivity index (χ4v) is 4.37. The molecule has 2 fully saturated rings. The lowest BCUT2D eigenvalue weighted by molar-refractivity contribution is -0.134. The van der Waals surface area contributed by atoms with Crippen LogP contribution in [0.3, 0.4) is 0 Å². The van der Waals surface area contributed by atoms with Crippen LogP contribution in [0.2, 0.25) is 0 Å². The van der Waals surface area contributed by atoms with Gasteiger partial charge in [0.1, 0.15) is 6.04 Å². The van der Waals surface area contributed by atoms with Crippen LogP contribution in [0, 0.1) is 5.92 Å². The van der Waals surface area contributed by atoms with Gasteiger partial charge in [0.2, 0.25) is 5.91 Å². The van der Waals surface area contributed by atoms with Crippen LogP contribution < -0.4 is 16.2 Å². The van der Waals surface area contributed by atoms with Gasteiger partial charge in [-0.15, -0.1) is 12.4 Å². The predicted octanol–water partition coefficient (Wildman–Crippen LogP) is 1.85. The molecule has 0 aliphatic carbocycles. The molecule has 3 N–H and O–H groups in total. The summed E-state index contributed by atoms with van der Waals surface area (Å²) < 4.78 is 0. The highest BCUT2D eigenvalue weighted by Crippen LogP contribution is 2.30. The van der Waals surface area contributed by atoms with E-state index in [1.165, 1.54) is 12.0 Å².